The van der Waals surface area contributed by atoms with Gasteiger partial charge in [-0.05, 0) is 36.6 Å². The Labute approximate surface area is 113 Å². The van der Waals surface area contributed by atoms with Crippen LogP contribution >= 0.6 is 0 Å². The highest BCUT2D eigenvalue weighted by Crippen LogP contribution is 2.30. The van der Waals surface area contributed by atoms with Crippen molar-refractivity contribution in [2.75, 3.05) is 4.90 Å². The van der Waals surface area contributed by atoms with Crippen LogP contribution in [-0.4, -0.2) is 5.91 Å². The second-order valence-electron chi connectivity index (χ2n) is 5.22. The minimum absolute atomic E-state index is 0.196. The molecule has 0 aromatic heterocycles. The minimum Gasteiger partial charge on any atom is -0.307 e. The number of benzene rings is 2. The molecule has 0 N–H and O–H groups in total. The average molecular weight is 251 g/mol. The van der Waals surface area contributed by atoms with E-state index in [9.17, 15) is 4.79 Å². The second kappa shape index (κ2) is 4.54. The summed E-state index contributed by atoms with van der Waals surface area (Å²) >= 11 is 0. The van der Waals surface area contributed by atoms with Crippen molar-refractivity contribution < 1.29 is 4.79 Å². The summed E-state index contributed by atoms with van der Waals surface area (Å²) in [6, 6.07) is 14.5. The number of rotatable bonds is 2. The summed E-state index contributed by atoms with van der Waals surface area (Å²) in [4.78, 5) is 14.0. The van der Waals surface area contributed by atoms with Crippen LogP contribution in [0.2, 0.25) is 0 Å². The summed E-state index contributed by atoms with van der Waals surface area (Å²) in [5, 5.41) is 0. The van der Waals surface area contributed by atoms with Gasteiger partial charge in [0.2, 0.25) is 5.91 Å². The van der Waals surface area contributed by atoms with Crippen LogP contribution < -0.4 is 4.90 Å². The van der Waals surface area contributed by atoms with Crippen LogP contribution in [0.5, 0.6) is 0 Å². The molecule has 2 aromatic carbocycles. The molecule has 0 spiro atoms. The summed E-state index contributed by atoms with van der Waals surface area (Å²) in [5.74, 6) is 0.196. The van der Waals surface area contributed by atoms with Crippen LogP contribution in [0.1, 0.15) is 22.3 Å². The number of fused-ring (bicyclic) bond motifs is 1. The largest absolute Gasteiger partial charge is 0.307 e. The Morgan fingerprint density at radius 2 is 1.89 bits per heavy atom. The van der Waals surface area contributed by atoms with Crippen LogP contribution in [-0.2, 0) is 17.8 Å². The summed E-state index contributed by atoms with van der Waals surface area (Å²) in [6.45, 7) is 4.86. The predicted octanol–water partition coefficient (Wildman–Crippen LogP) is 3.39. The summed E-state index contributed by atoms with van der Waals surface area (Å²) in [6.07, 6.45) is 0.529. The fourth-order valence-corrected chi connectivity index (χ4v) is 2.68. The quantitative estimate of drug-likeness (QED) is 0.801. The smallest absolute Gasteiger partial charge is 0.231 e. The molecule has 19 heavy (non-hydrogen) atoms. The Balaban J connectivity index is 1.93. The molecule has 1 aliphatic rings. The third kappa shape index (κ3) is 2.14. The molecular formula is C17H17NO. The van der Waals surface area contributed by atoms with E-state index in [2.05, 4.69) is 32.0 Å². The Morgan fingerprint density at radius 3 is 2.68 bits per heavy atom. The number of carbonyl (C=O) groups is 1. The average Bonchev–Trinajstić information content (AvgIpc) is 2.69. The van der Waals surface area contributed by atoms with Crippen molar-refractivity contribution >= 4 is 11.6 Å². The number of aryl methyl sites for hydroxylation is 2. The highest BCUT2D eigenvalue weighted by molar-refractivity contribution is 6.01. The molecule has 0 saturated heterocycles. The number of hydrogen-bond donors (Lipinski definition) is 0. The van der Waals surface area contributed by atoms with Crippen molar-refractivity contribution in [1.82, 2.24) is 0 Å². The molecule has 2 heteroatoms. The van der Waals surface area contributed by atoms with Crippen LogP contribution in [0.4, 0.5) is 5.69 Å². The molecule has 96 valence electrons. The zero-order valence-corrected chi connectivity index (χ0v) is 11.3. The highest BCUT2D eigenvalue weighted by atomic mass is 16.2. The van der Waals surface area contributed by atoms with Gasteiger partial charge in [0.15, 0.2) is 0 Å². The van der Waals surface area contributed by atoms with E-state index in [0.717, 1.165) is 11.3 Å². The molecule has 0 radical (unpaired) electrons. The zero-order valence-electron chi connectivity index (χ0n) is 11.3. The zero-order chi connectivity index (χ0) is 13.4. The fourth-order valence-electron chi connectivity index (χ4n) is 2.68. The molecule has 1 amide bonds. The molecule has 2 aromatic rings. The lowest BCUT2D eigenvalue weighted by Crippen LogP contribution is -2.26. The first-order valence-corrected chi connectivity index (χ1v) is 6.59. The molecule has 3 rings (SSSR count). The van der Waals surface area contributed by atoms with Gasteiger partial charge >= 0.3 is 0 Å². The van der Waals surface area contributed by atoms with Crippen molar-refractivity contribution in [3.63, 3.8) is 0 Å². The van der Waals surface area contributed by atoms with E-state index in [-0.39, 0.29) is 5.91 Å². The van der Waals surface area contributed by atoms with Gasteiger partial charge in [0.1, 0.15) is 0 Å². The number of amides is 1. The lowest BCUT2D eigenvalue weighted by molar-refractivity contribution is -0.117. The molecule has 0 saturated carbocycles. The molecule has 1 aliphatic heterocycles. The van der Waals surface area contributed by atoms with Gasteiger partial charge in [0, 0.05) is 5.69 Å². The number of anilines is 1. The molecule has 0 aliphatic carbocycles. The molecular weight excluding hydrogens is 234 g/mol. The number of para-hydroxylation sites is 1. The highest BCUT2D eigenvalue weighted by Gasteiger charge is 2.26. The molecule has 0 bridgehead atoms. The van der Waals surface area contributed by atoms with Crippen molar-refractivity contribution in [3.05, 3.63) is 64.7 Å². The third-order valence-electron chi connectivity index (χ3n) is 3.75. The lowest BCUT2D eigenvalue weighted by atomic mass is 10.1. The summed E-state index contributed by atoms with van der Waals surface area (Å²) in [7, 11) is 0. The van der Waals surface area contributed by atoms with E-state index >= 15 is 0 Å². The van der Waals surface area contributed by atoms with Crippen LogP contribution in [0.15, 0.2) is 42.5 Å². The molecule has 1 heterocycles. The second-order valence-corrected chi connectivity index (χ2v) is 5.22. The van der Waals surface area contributed by atoms with Crippen molar-refractivity contribution in [1.29, 1.82) is 0 Å². The minimum atomic E-state index is 0.196. The number of nitrogens with zero attached hydrogens (tertiary/aromatic N) is 1. The summed E-state index contributed by atoms with van der Waals surface area (Å²) < 4.78 is 0. The van der Waals surface area contributed by atoms with E-state index in [0.29, 0.717) is 13.0 Å². The third-order valence-corrected chi connectivity index (χ3v) is 3.75. The summed E-state index contributed by atoms with van der Waals surface area (Å²) in [5.41, 5.74) is 5.92. The first-order chi connectivity index (χ1) is 9.15. The standard InChI is InChI=1S/C17H17NO/c1-12-7-8-15(13(2)9-12)11-18-16-6-4-3-5-14(16)10-17(18)19/h3-9H,10-11H2,1-2H3. The first kappa shape index (κ1) is 12.0. The van der Waals surface area contributed by atoms with E-state index in [1.54, 1.807) is 0 Å². The molecule has 2 nitrogen and oxygen atoms in total. The number of hydrogen-bond acceptors (Lipinski definition) is 1. The van der Waals surface area contributed by atoms with Crippen molar-refractivity contribution in [3.8, 4) is 0 Å². The van der Waals surface area contributed by atoms with Crippen molar-refractivity contribution in [2.45, 2.75) is 26.8 Å². The number of carbonyl (C=O) groups excluding carboxylic acids is 1. The van der Waals surface area contributed by atoms with Gasteiger partial charge in [-0.25, -0.2) is 0 Å². The Hall–Kier alpha value is -2.09. The molecule has 0 unspecified atom stereocenters. The Morgan fingerprint density at radius 1 is 1.11 bits per heavy atom. The van der Waals surface area contributed by atoms with Gasteiger partial charge < -0.3 is 4.90 Å². The fraction of sp³-hybridized carbons (Fsp3) is 0.235. The van der Waals surface area contributed by atoms with E-state index < -0.39 is 0 Å². The van der Waals surface area contributed by atoms with Gasteiger partial charge in [0.25, 0.3) is 0 Å². The maximum absolute atomic E-state index is 12.1. The van der Waals surface area contributed by atoms with Gasteiger partial charge in [-0.1, -0.05) is 42.0 Å². The monoisotopic (exact) mass is 251 g/mol. The Bertz CT molecular complexity index is 645. The van der Waals surface area contributed by atoms with Gasteiger partial charge in [-0.3, -0.25) is 4.79 Å². The SMILES string of the molecule is Cc1ccc(CN2C(=O)Cc3ccccc32)c(C)c1. The van der Waals surface area contributed by atoms with Crippen LogP contribution in [0.25, 0.3) is 0 Å². The van der Waals surface area contributed by atoms with E-state index in [4.69, 9.17) is 0 Å². The van der Waals surface area contributed by atoms with E-state index in [1.165, 1.54) is 16.7 Å². The lowest BCUT2D eigenvalue weighted by Gasteiger charge is -2.19. The molecule has 0 fully saturated rings. The van der Waals surface area contributed by atoms with Gasteiger partial charge in [-0.2, -0.15) is 0 Å². The normalized spacial score (nSPS) is 13.8. The van der Waals surface area contributed by atoms with Crippen LogP contribution in [0.3, 0.4) is 0 Å². The van der Waals surface area contributed by atoms with Crippen LogP contribution in [0, 0.1) is 13.8 Å². The maximum Gasteiger partial charge on any atom is 0.231 e. The van der Waals surface area contributed by atoms with E-state index in [1.807, 2.05) is 29.2 Å². The van der Waals surface area contributed by atoms with Crippen molar-refractivity contribution in [2.24, 2.45) is 0 Å². The van der Waals surface area contributed by atoms with Gasteiger partial charge in [0.05, 0.1) is 13.0 Å². The Kier molecular flexibility index (Phi) is 2.86. The predicted molar refractivity (Wildman–Crippen MR) is 77.3 cm³/mol. The maximum atomic E-state index is 12.1. The molecule has 0 atom stereocenters. The first-order valence-electron chi connectivity index (χ1n) is 6.59. The van der Waals surface area contributed by atoms with Gasteiger partial charge in [-0.15, -0.1) is 0 Å². The topological polar surface area (TPSA) is 20.3 Å².